The number of carbonyl (C=O) groups excluding carboxylic acids is 2. The molecule has 7 heteroatoms. The van der Waals surface area contributed by atoms with E-state index < -0.39 is 0 Å². The van der Waals surface area contributed by atoms with E-state index in [0.717, 1.165) is 5.56 Å². The van der Waals surface area contributed by atoms with Crippen molar-refractivity contribution < 1.29 is 23.8 Å². The van der Waals surface area contributed by atoms with Gasteiger partial charge in [0.25, 0.3) is 11.8 Å². The maximum Gasteiger partial charge on any atom is 0.278 e. The zero-order chi connectivity index (χ0) is 21.1. The number of carbonyl (C=O) groups is 2. The van der Waals surface area contributed by atoms with Crippen LogP contribution in [0.25, 0.3) is 5.57 Å². The number of hydrogen-bond donors (Lipinski definition) is 1. The van der Waals surface area contributed by atoms with Gasteiger partial charge in [0.15, 0.2) is 11.5 Å². The molecule has 0 fully saturated rings. The average molecular weight is 408 g/mol. The molecule has 0 spiro atoms. The number of nitrogens with zero attached hydrogens (tertiary/aromatic N) is 1. The predicted octanol–water partition coefficient (Wildman–Crippen LogP) is 2.99. The first-order valence-corrected chi connectivity index (χ1v) is 9.91. The molecule has 156 valence electrons. The number of amides is 2. The molecule has 0 radical (unpaired) electrons. The SMILES string of the molecule is COCCCN1C(=O)C(Nc2ccc3c(c2)OCCO3)=C(c2ccc(C)cc2)C1=O. The maximum atomic E-state index is 13.2. The molecule has 0 unspecified atom stereocenters. The van der Waals surface area contributed by atoms with Gasteiger partial charge in [-0.3, -0.25) is 14.5 Å². The highest BCUT2D eigenvalue weighted by atomic mass is 16.6. The first-order chi connectivity index (χ1) is 14.6. The molecule has 0 atom stereocenters. The number of fused-ring (bicyclic) bond motifs is 1. The first kappa shape index (κ1) is 20.0. The highest BCUT2D eigenvalue weighted by molar-refractivity contribution is 6.36. The van der Waals surface area contributed by atoms with Crippen molar-refractivity contribution >= 4 is 23.1 Å². The lowest BCUT2D eigenvalue weighted by Gasteiger charge is -2.19. The summed E-state index contributed by atoms with van der Waals surface area (Å²) in [5.74, 6) is 0.619. The number of ether oxygens (including phenoxy) is 3. The third-order valence-electron chi connectivity index (χ3n) is 5.05. The van der Waals surface area contributed by atoms with Gasteiger partial charge in [0.05, 0.1) is 5.57 Å². The van der Waals surface area contributed by atoms with Crippen LogP contribution in [-0.4, -0.2) is 50.2 Å². The van der Waals surface area contributed by atoms with Gasteiger partial charge in [0.2, 0.25) is 0 Å². The maximum absolute atomic E-state index is 13.2. The predicted molar refractivity (Wildman–Crippen MR) is 112 cm³/mol. The molecule has 0 aromatic heterocycles. The second kappa shape index (κ2) is 8.59. The highest BCUT2D eigenvalue weighted by Gasteiger charge is 2.38. The van der Waals surface area contributed by atoms with E-state index >= 15 is 0 Å². The van der Waals surface area contributed by atoms with E-state index in [2.05, 4.69) is 5.32 Å². The van der Waals surface area contributed by atoms with Crippen LogP contribution in [0.5, 0.6) is 11.5 Å². The zero-order valence-electron chi connectivity index (χ0n) is 17.1. The number of imide groups is 1. The summed E-state index contributed by atoms with van der Waals surface area (Å²) in [6.07, 6.45) is 0.576. The number of aryl methyl sites for hydroxylation is 1. The van der Waals surface area contributed by atoms with Crippen LogP contribution in [-0.2, 0) is 14.3 Å². The van der Waals surface area contributed by atoms with Gasteiger partial charge < -0.3 is 19.5 Å². The average Bonchev–Trinajstić information content (AvgIpc) is 2.99. The smallest absolute Gasteiger partial charge is 0.278 e. The van der Waals surface area contributed by atoms with Gasteiger partial charge in [-0.1, -0.05) is 29.8 Å². The van der Waals surface area contributed by atoms with Crippen LogP contribution in [0.2, 0.25) is 0 Å². The van der Waals surface area contributed by atoms with E-state index in [4.69, 9.17) is 14.2 Å². The van der Waals surface area contributed by atoms with Crippen LogP contribution in [0.4, 0.5) is 5.69 Å². The van der Waals surface area contributed by atoms with E-state index in [0.29, 0.717) is 61.1 Å². The molecule has 0 bridgehead atoms. The van der Waals surface area contributed by atoms with E-state index in [1.807, 2.05) is 31.2 Å². The van der Waals surface area contributed by atoms with Gasteiger partial charge in [0, 0.05) is 32.0 Å². The van der Waals surface area contributed by atoms with Crippen molar-refractivity contribution in [2.75, 3.05) is 38.8 Å². The summed E-state index contributed by atoms with van der Waals surface area (Å²) in [4.78, 5) is 27.6. The Hall–Kier alpha value is -3.32. The Balaban J connectivity index is 1.68. The lowest BCUT2D eigenvalue weighted by molar-refractivity contribution is -0.136. The van der Waals surface area contributed by atoms with Crippen LogP contribution in [0, 0.1) is 6.92 Å². The molecule has 2 aromatic rings. The Labute approximate surface area is 175 Å². The standard InChI is InChI=1S/C23H24N2O5/c1-15-4-6-16(7-5-15)20-21(23(27)25(22(20)26)10-3-11-28-2)24-17-8-9-18-19(14-17)30-13-12-29-18/h4-9,14,24H,3,10-13H2,1-2H3. The quantitative estimate of drug-likeness (QED) is 0.561. The van der Waals surface area contributed by atoms with Gasteiger partial charge >= 0.3 is 0 Å². The van der Waals surface area contributed by atoms with E-state index in [1.165, 1.54) is 4.90 Å². The van der Waals surface area contributed by atoms with Crippen molar-refractivity contribution in [3.05, 3.63) is 59.3 Å². The van der Waals surface area contributed by atoms with Crippen molar-refractivity contribution in [2.45, 2.75) is 13.3 Å². The Morgan fingerprint density at radius 2 is 1.73 bits per heavy atom. The van der Waals surface area contributed by atoms with Crippen LogP contribution < -0.4 is 14.8 Å². The summed E-state index contributed by atoms with van der Waals surface area (Å²) in [7, 11) is 1.60. The van der Waals surface area contributed by atoms with Crippen LogP contribution in [0.1, 0.15) is 17.5 Å². The Morgan fingerprint density at radius 3 is 2.47 bits per heavy atom. The Morgan fingerprint density at radius 1 is 1.00 bits per heavy atom. The number of methoxy groups -OCH3 is 1. The van der Waals surface area contributed by atoms with Gasteiger partial charge in [-0.05, 0) is 31.0 Å². The highest BCUT2D eigenvalue weighted by Crippen LogP contribution is 2.35. The minimum atomic E-state index is -0.346. The van der Waals surface area contributed by atoms with Gasteiger partial charge in [0.1, 0.15) is 18.9 Å². The monoisotopic (exact) mass is 408 g/mol. The van der Waals surface area contributed by atoms with Crippen molar-refractivity contribution in [3.63, 3.8) is 0 Å². The molecule has 2 aliphatic rings. The van der Waals surface area contributed by atoms with Gasteiger partial charge in [-0.15, -0.1) is 0 Å². The fourth-order valence-electron chi connectivity index (χ4n) is 3.52. The summed E-state index contributed by atoms with van der Waals surface area (Å²) in [5, 5.41) is 3.16. The van der Waals surface area contributed by atoms with Gasteiger partial charge in [-0.25, -0.2) is 0 Å². The number of hydrogen-bond acceptors (Lipinski definition) is 6. The molecule has 2 aliphatic heterocycles. The number of rotatable bonds is 7. The third-order valence-corrected chi connectivity index (χ3v) is 5.05. The van der Waals surface area contributed by atoms with E-state index in [1.54, 1.807) is 25.3 Å². The molecule has 0 saturated carbocycles. The topological polar surface area (TPSA) is 77.1 Å². The third kappa shape index (κ3) is 3.89. The van der Waals surface area contributed by atoms with Crippen LogP contribution >= 0.6 is 0 Å². The fraction of sp³-hybridized carbons (Fsp3) is 0.304. The largest absolute Gasteiger partial charge is 0.486 e. The Kier molecular flexibility index (Phi) is 5.72. The molecular formula is C23H24N2O5. The molecule has 0 saturated heterocycles. The lowest BCUT2D eigenvalue weighted by Crippen LogP contribution is -2.33. The summed E-state index contributed by atoms with van der Waals surface area (Å²) >= 11 is 0. The van der Waals surface area contributed by atoms with E-state index in [9.17, 15) is 9.59 Å². The van der Waals surface area contributed by atoms with E-state index in [-0.39, 0.29) is 17.5 Å². The summed E-state index contributed by atoms with van der Waals surface area (Å²) < 4.78 is 16.3. The molecule has 7 nitrogen and oxygen atoms in total. The number of benzene rings is 2. The van der Waals surface area contributed by atoms with Crippen molar-refractivity contribution in [1.29, 1.82) is 0 Å². The molecule has 2 amide bonds. The fourth-order valence-corrected chi connectivity index (χ4v) is 3.52. The molecule has 1 N–H and O–H groups in total. The van der Waals surface area contributed by atoms with Crippen LogP contribution in [0.3, 0.4) is 0 Å². The molecule has 30 heavy (non-hydrogen) atoms. The summed E-state index contributed by atoms with van der Waals surface area (Å²) in [6.45, 7) is 3.73. The second-order valence-corrected chi connectivity index (χ2v) is 7.21. The van der Waals surface area contributed by atoms with Crippen LogP contribution in [0.15, 0.2) is 48.2 Å². The Bertz CT molecular complexity index is 997. The minimum Gasteiger partial charge on any atom is -0.486 e. The minimum absolute atomic E-state index is 0.262. The first-order valence-electron chi connectivity index (χ1n) is 9.91. The van der Waals surface area contributed by atoms with Crippen molar-refractivity contribution in [2.24, 2.45) is 0 Å². The van der Waals surface area contributed by atoms with Crippen molar-refractivity contribution in [3.8, 4) is 11.5 Å². The molecule has 2 aromatic carbocycles. The summed E-state index contributed by atoms with van der Waals surface area (Å²) in [6, 6.07) is 12.9. The second-order valence-electron chi connectivity index (χ2n) is 7.21. The normalized spacial score (nSPS) is 15.7. The summed E-state index contributed by atoms with van der Waals surface area (Å²) in [5.41, 5.74) is 3.06. The number of nitrogens with one attached hydrogen (secondary N) is 1. The molecule has 4 rings (SSSR count). The molecular weight excluding hydrogens is 384 g/mol. The lowest BCUT2D eigenvalue weighted by atomic mass is 10.0. The molecule has 2 heterocycles. The molecule has 0 aliphatic carbocycles. The zero-order valence-corrected chi connectivity index (χ0v) is 17.1. The van der Waals surface area contributed by atoms with Gasteiger partial charge in [-0.2, -0.15) is 0 Å². The van der Waals surface area contributed by atoms with Crippen molar-refractivity contribution in [1.82, 2.24) is 4.90 Å². The number of anilines is 1.